The number of ether oxygens (including phenoxy) is 2. The molecule has 1 unspecified atom stereocenters. The molecule has 0 aromatic heterocycles. The molecule has 1 atom stereocenters. The highest BCUT2D eigenvalue weighted by Crippen LogP contribution is 2.20. The van der Waals surface area contributed by atoms with Crippen LogP contribution in [0.25, 0.3) is 0 Å². The van der Waals surface area contributed by atoms with Crippen LogP contribution in [-0.4, -0.2) is 18.7 Å². The fourth-order valence-corrected chi connectivity index (χ4v) is 1.27. The van der Waals surface area contributed by atoms with Crippen molar-refractivity contribution in [1.29, 1.82) is 0 Å². The number of carbonyl (C=O) groups is 1. The minimum Gasteiger partial charge on any atom is -0.425 e. The Balaban J connectivity index is 2.04. The number of hydrogen-bond donors (Lipinski definition) is 0. The van der Waals surface area contributed by atoms with Gasteiger partial charge in [0.05, 0.1) is 6.61 Å². The van der Waals surface area contributed by atoms with Gasteiger partial charge < -0.3 is 9.47 Å². The van der Waals surface area contributed by atoms with Crippen molar-refractivity contribution in [2.45, 2.75) is 6.10 Å². The van der Waals surface area contributed by atoms with Crippen molar-refractivity contribution >= 4 is 21.9 Å². The van der Waals surface area contributed by atoms with Gasteiger partial charge in [0.1, 0.15) is 5.75 Å². The summed E-state index contributed by atoms with van der Waals surface area (Å²) in [4.78, 5) is 11.1. The van der Waals surface area contributed by atoms with Crippen LogP contribution in [0.15, 0.2) is 28.7 Å². The third kappa shape index (κ3) is 2.29. The minimum absolute atomic E-state index is 0.321. The van der Waals surface area contributed by atoms with Crippen molar-refractivity contribution in [3.05, 3.63) is 28.7 Å². The lowest BCUT2D eigenvalue weighted by Gasteiger charge is -2.01. The van der Waals surface area contributed by atoms with Crippen LogP contribution < -0.4 is 4.74 Å². The number of hydrogen-bond acceptors (Lipinski definition) is 3. The molecule has 2 rings (SSSR count). The predicted octanol–water partition coefficient (Wildman–Crippen LogP) is 1.75. The summed E-state index contributed by atoms with van der Waals surface area (Å²) in [5.41, 5.74) is 0. The van der Waals surface area contributed by atoms with Crippen molar-refractivity contribution in [2.24, 2.45) is 0 Å². The van der Waals surface area contributed by atoms with E-state index in [-0.39, 0.29) is 12.1 Å². The summed E-state index contributed by atoms with van der Waals surface area (Å²) in [6, 6.07) is 7.14. The lowest BCUT2D eigenvalue weighted by atomic mass is 10.3. The Bertz CT molecular complexity index is 333. The Morgan fingerprint density at radius 2 is 2.38 bits per heavy atom. The molecule has 0 saturated carbocycles. The molecular weight excluding hydrogens is 236 g/mol. The van der Waals surface area contributed by atoms with E-state index in [1.54, 1.807) is 18.2 Å². The Labute approximate surface area is 83.8 Å². The first-order chi connectivity index (χ1) is 6.25. The van der Waals surface area contributed by atoms with Crippen LogP contribution in [0, 0.1) is 0 Å². The zero-order valence-electron chi connectivity index (χ0n) is 6.70. The van der Waals surface area contributed by atoms with E-state index in [9.17, 15) is 4.79 Å². The second-order valence-electron chi connectivity index (χ2n) is 2.70. The van der Waals surface area contributed by atoms with Gasteiger partial charge in [0, 0.05) is 4.47 Å². The van der Waals surface area contributed by atoms with Gasteiger partial charge in [0.15, 0.2) is 6.10 Å². The maximum Gasteiger partial charge on any atom is 0.343 e. The molecule has 1 aromatic rings. The lowest BCUT2D eigenvalue weighted by Crippen LogP contribution is -2.14. The van der Waals surface area contributed by atoms with E-state index in [0.717, 1.165) is 4.47 Å². The van der Waals surface area contributed by atoms with Gasteiger partial charge in [0.2, 0.25) is 0 Å². The lowest BCUT2D eigenvalue weighted by molar-refractivity contribution is -0.135. The van der Waals surface area contributed by atoms with Crippen LogP contribution in [-0.2, 0) is 9.53 Å². The zero-order valence-corrected chi connectivity index (χ0v) is 8.28. The summed E-state index contributed by atoms with van der Waals surface area (Å²) < 4.78 is 10.7. The monoisotopic (exact) mass is 242 g/mol. The molecule has 1 fully saturated rings. The van der Waals surface area contributed by atoms with Crippen LogP contribution in [0.3, 0.4) is 0 Å². The fraction of sp³-hybridized carbons (Fsp3) is 0.222. The van der Waals surface area contributed by atoms with Gasteiger partial charge in [0.25, 0.3) is 0 Å². The van der Waals surface area contributed by atoms with Crippen molar-refractivity contribution in [3.8, 4) is 5.75 Å². The first kappa shape index (κ1) is 8.72. The quantitative estimate of drug-likeness (QED) is 0.451. The van der Waals surface area contributed by atoms with Crippen LogP contribution in [0.1, 0.15) is 0 Å². The molecule has 3 nitrogen and oxygen atoms in total. The van der Waals surface area contributed by atoms with E-state index in [1.165, 1.54) is 0 Å². The molecule has 0 spiro atoms. The van der Waals surface area contributed by atoms with Crippen LogP contribution in [0.2, 0.25) is 0 Å². The number of carbonyl (C=O) groups excluding carboxylic acids is 1. The normalized spacial score (nSPS) is 19.6. The molecule has 0 amide bonds. The van der Waals surface area contributed by atoms with Crippen molar-refractivity contribution < 1.29 is 14.3 Å². The predicted molar refractivity (Wildman–Crippen MR) is 49.5 cm³/mol. The van der Waals surface area contributed by atoms with Crippen molar-refractivity contribution in [3.63, 3.8) is 0 Å². The molecule has 0 aliphatic carbocycles. The molecule has 0 N–H and O–H groups in total. The van der Waals surface area contributed by atoms with Gasteiger partial charge >= 0.3 is 5.97 Å². The molecule has 1 heterocycles. The average molecular weight is 243 g/mol. The third-order valence-electron chi connectivity index (χ3n) is 1.61. The van der Waals surface area contributed by atoms with E-state index in [4.69, 9.17) is 9.47 Å². The van der Waals surface area contributed by atoms with E-state index in [1.807, 2.05) is 6.07 Å². The maximum atomic E-state index is 11.1. The molecule has 4 heteroatoms. The minimum atomic E-state index is -0.348. The second kappa shape index (κ2) is 3.47. The largest absolute Gasteiger partial charge is 0.425 e. The molecule has 13 heavy (non-hydrogen) atoms. The summed E-state index contributed by atoms with van der Waals surface area (Å²) in [6.07, 6.45) is -0.348. The Morgan fingerprint density at radius 1 is 1.62 bits per heavy atom. The summed E-state index contributed by atoms with van der Waals surface area (Å²) >= 11 is 3.28. The van der Waals surface area contributed by atoms with Crippen LogP contribution in [0.5, 0.6) is 5.75 Å². The van der Waals surface area contributed by atoms with E-state index in [0.29, 0.717) is 12.4 Å². The van der Waals surface area contributed by atoms with Gasteiger partial charge in [-0.2, -0.15) is 0 Å². The van der Waals surface area contributed by atoms with Crippen LogP contribution in [0.4, 0.5) is 0 Å². The molecule has 1 aliphatic heterocycles. The third-order valence-corrected chi connectivity index (χ3v) is 2.10. The van der Waals surface area contributed by atoms with Gasteiger partial charge in [-0.1, -0.05) is 22.0 Å². The first-order valence-corrected chi connectivity index (χ1v) is 4.64. The highest BCUT2D eigenvalue weighted by molar-refractivity contribution is 9.10. The van der Waals surface area contributed by atoms with Crippen molar-refractivity contribution in [2.75, 3.05) is 6.61 Å². The topological polar surface area (TPSA) is 38.8 Å². The van der Waals surface area contributed by atoms with Gasteiger partial charge in [-0.15, -0.1) is 0 Å². The molecule has 1 saturated heterocycles. The van der Waals surface area contributed by atoms with Crippen LogP contribution >= 0.6 is 15.9 Å². The first-order valence-electron chi connectivity index (χ1n) is 3.84. The molecule has 0 radical (unpaired) electrons. The van der Waals surface area contributed by atoms with Gasteiger partial charge in [-0.3, -0.25) is 0 Å². The number of epoxide rings is 1. The summed E-state index contributed by atoms with van der Waals surface area (Å²) in [5.74, 6) is 0.216. The number of halogens is 1. The zero-order chi connectivity index (χ0) is 9.26. The molecule has 1 aliphatic rings. The standard InChI is InChI=1S/C9H7BrO3/c10-6-2-1-3-7(4-6)13-9(11)8-5-12-8/h1-4,8H,5H2. The summed E-state index contributed by atoms with van der Waals surface area (Å²) in [7, 11) is 0. The number of benzene rings is 1. The summed E-state index contributed by atoms with van der Waals surface area (Å²) in [5, 5.41) is 0. The smallest absolute Gasteiger partial charge is 0.343 e. The van der Waals surface area contributed by atoms with E-state index >= 15 is 0 Å². The Kier molecular flexibility index (Phi) is 2.33. The number of esters is 1. The fourth-order valence-electron chi connectivity index (χ4n) is 0.897. The van der Waals surface area contributed by atoms with Gasteiger partial charge in [-0.05, 0) is 18.2 Å². The SMILES string of the molecule is O=C(Oc1cccc(Br)c1)C1CO1. The average Bonchev–Trinajstić information content (AvgIpc) is 2.85. The second-order valence-corrected chi connectivity index (χ2v) is 3.62. The van der Waals surface area contributed by atoms with Crippen molar-refractivity contribution in [1.82, 2.24) is 0 Å². The Hall–Kier alpha value is -0.870. The highest BCUT2D eigenvalue weighted by atomic mass is 79.9. The molecule has 0 bridgehead atoms. The summed E-state index contributed by atoms with van der Waals surface area (Å²) in [6.45, 7) is 0.479. The maximum absolute atomic E-state index is 11.1. The molecule has 1 aromatic carbocycles. The highest BCUT2D eigenvalue weighted by Gasteiger charge is 2.33. The molecule has 68 valence electrons. The molecular formula is C9H7BrO3. The Morgan fingerprint density at radius 3 is 3.00 bits per heavy atom. The van der Waals surface area contributed by atoms with Gasteiger partial charge in [-0.25, -0.2) is 4.79 Å². The number of rotatable bonds is 2. The van der Waals surface area contributed by atoms with E-state index in [2.05, 4.69) is 15.9 Å². The van der Waals surface area contributed by atoms with E-state index < -0.39 is 0 Å².